The van der Waals surface area contributed by atoms with Crippen LogP contribution >= 0.6 is 0 Å². The summed E-state index contributed by atoms with van der Waals surface area (Å²) >= 11 is 0. The molecular formula is C17H28N4O. The van der Waals surface area contributed by atoms with Gasteiger partial charge in [0.15, 0.2) is 0 Å². The Morgan fingerprint density at radius 2 is 2.09 bits per heavy atom. The Labute approximate surface area is 133 Å². The van der Waals surface area contributed by atoms with Gasteiger partial charge in [-0.25, -0.2) is 4.98 Å². The van der Waals surface area contributed by atoms with Crippen LogP contribution < -0.4 is 16.0 Å². The molecule has 22 heavy (non-hydrogen) atoms. The monoisotopic (exact) mass is 304 g/mol. The van der Waals surface area contributed by atoms with Gasteiger partial charge in [0.25, 0.3) is 0 Å². The topological polar surface area (TPSA) is 71.2 Å². The molecule has 0 spiro atoms. The van der Waals surface area contributed by atoms with Gasteiger partial charge in [0.1, 0.15) is 5.82 Å². The van der Waals surface area contributed by atoms with Gasteiger partial charge in [-0.05, 0) is 49.3 Å². The lowest BCUT2D eigenvalue weighted by Crippen LogP contribution is -2.41. The molecule has 1 aromatic rings. The highest BCUT2D eigenvalue weighted by molar-refractivity contribution is 5.81. The van der Waals surface area contributed by atoms with E-state index in [0.29, 0.717) is 18.9 Å². The molecular weight excluding hydrogens is 276 g/mol. The van der Waals surface area contributed by atoms with Crippen molar-refractivity contribution in [1.29, 1.82) is 0 Å². The molecule has 1 amide bonds. The molecule has 3 N–H and O–H groups in total. The molecule has 5 nitrogen and oxygen atoms in total. The van der Waals surface area contributed by atoms with Crippen LogP contribution in [0, 0.1) is 5.92 Å². The van der Waals surface area contributed by atoms with Crippen molar-refractivity contribution in [3.8, 4) is 0 Å². The van der Waals surface area contributed by atoms with Crippen LogP contribution in [0.1, 0.15) is 45.1 Å². The molecule has 1 aromatic heterocycles. The smallest absolute Gasteiger partial charge is 0.237 e. The highest BCUT2D eigenvalue weighted by Crippen LogP contribution is 2.18. The van der Waals surface area contributed by atoms with Crippen molar-refractivity contribution < 1.29 is 4.79 Å². The normalized spacial score (nSPS) is 16.6. The van der Waals surface area contributed by atoms with Gasteiger partial charge in [-0.3, -0.25) is 4.79 Å². The van der Waals surface area contributed by atoms with Gasteiger partial charge >= 0.3 is 0 Å². The van der Waals surface area contributed by atoms with E-state index < -0.39 is 6.04 Å². The minimum atomic E-state index is -0.427. The molecule has 1 saturated heterocycles. The Bertz CT molecular complexity index is 483. The van der Waals surface area contributed by atoms with Gasteiger partial charge in [0, 0.05) is 25.8 Å². The molecule has 2 heterocycles. The summed E-state index contributed by atoms with van der Waals surface area (Å²) in [4.78, 5) is 18.7. The molecule has 0 unspecified atom stereocenters. The molecule has 0 bridgehead atoms. The second-order valence-corrected chi connectivity index (χ2v) is 6.52. The SMILES string of the molecule is CC(C)C[C@H](N)C(=O)NCc1ccnc(N2CCCCC2)c1. The molecule has 122 valence electrons. The van der Waals surface area contributed by atoms with E-state index in [2.05, 4.69) is 35.1 Å². The number of nitrogens with two attached hydrogens (primary N) is 1. The van der Waals surface area contributed by atoms with Crippen LogP contribution in [0.3, 0.4) is 0 Å². The van der Waals surface area contributed by atoms with Gasteiger partial charge in [0.2, 0.25) is 5.91 Å². The maximum Gasteiger partial charge on any atom is 0.237 e. The van der Waals surface area contributed by atoms with E-state index >= 15 is 0 Å². The van der Waals surface area contributed by atoms with Crippen LogP contribution in [0.2, 0.25) is 0 Å². The van der Waals surface area contributed by atoms with Crippen LogP contribution in [-0.2, 0) is 11.3 Å². The van der Waals surface area contributed by atoms with E-state index in [-0.39, 0.29) is 5.91 Å². The quantitative estimate of drug-likeness (QED) is 0.844. The lowest BCUT2D eigenvalue weighted by atomic mass is 10.0. The number of carbonyl (C=O) groups is 1. The Morgan fingerprint density at radius 1 is 1.36 bits per heavy atom. The molecule has 0 aromatic carbocycles. The van der Waals surface area contributed by atoms with E-state index in [1.165, 1.54) is 19.3 Å². The zero-order valence-electron chi connectivity index (χ0n) is 13.7. The highest BCUT2D eigenvalue weighted by Gasteiger charge is 2.15. The number of hydrogen-bond acceptors (Lipinski definition) is 4. The zero-order valence-corrected chi connectivity index (χ0v) is 13.7. The fourth-order valence-electron chi connectivity index (χ4n) is 2.80. The Morgan fingerprint density at radius 3 is 2.77 bits per heavy atom. The van der Waals surface area contributed by atoms with E-state index in [9.17, 15) is 4.79 Å². The van der Waals surface area contributed by atoms with E-state index in [0.717, 1.165) is 24.5 Å². The van der Waals surface area contributed by atoms with Gasteiger partial charge in [-0.2, -0.15) is 0 Å². The van der Waals surface area contributed by atoms with E-state index in [1.54, 1.807) is 0 Å². The van der Waals surface area contributed by atoms with Crippen molar-refractivity contribution in [3.05, 3.63) is 23.9 Å². The van der Waals surface area contributed by atoms with Crippen LogP contribution in [0.4, 0.5) is 5.82 Å². The van der Waals surface area contributed by atoms with Crippen LogP contribution in [-0.4, -0.2) is 30.0 Å². The number of aromatic nitrogens is 1. The molecule has 1 aliphatic rings. The number of nitrogens with zero attached hydrogens (tertiary/aromatic N) is 2. The second kappa shape index (κ2) is 8.13. The molecule has 0 radical (unpaired) electrons. The van der Waals surface area contributed by atoms with Crippen LogP contribution in [0.5, 0.6) is 0 Å². The molecule has 1 atom stereocenters. The van der Waals surface area contributed by atoms with Crippen molar-refractivity contribution in [2.24, 2.45) is 11.7 Å². The predicted octanol–water partition coefficient (Wildman–Crippen LogP) is 2.06. The van der Waals surface area contributed by atoms with Crippen molar-refractivity contribution in [2.75, 3.05) is 18.0 Å². The van der Waals surface area contributed by atoms with Crippen molar-refractivity contribution in [1.82, 2.24) is 10.3 Å². The summed E-state index contributed by atoms with van der Waals surface area (Å²) in [5, 5.41) is 2.92. The fraction of sp³-hybridized carbons (Fsp3) is 0.647. The summed E-state index contributed by atoms with van der Waals surface area (Å²) in [5.41, 5.74) is 6.97. The van der Waals surface area contributed by atoms with Gasteiger partial charge in [0.05, 0.1) is 6.04 Å². The van der Waals surface area contributed by atoms with Gasteiger partial charge in [-0.15, -0.1) is 0 Å². The zero-order chi connectivity index (χ0) is 15.9. The summed E-state index contributed by atoms with van der Waals surface area (Å²) in [6, 6.07) is 3.59. The van der Waals surface area contributed by atoms with E-state index in [1.807, 2.05) is 12.3 Å². The number of amides is 1. The number of rotatable bonds is 6. The molecule has 5 heteroatoms. The summed E-state index contributed by atoms with van der Waals surface area (Å²) in [6.07, 6.45) is 6.29. The first-order chi connectivity index (χ1) is 10.6. The number of pyridine rings is 1. The first-order valence-electron chi connectivity index (χ1n) is 8.29. The Hall–Kier alpha value is -1.62. The number of piperidine rings is 1. The first-order valence-corrected chi connectivity index (χ1v) is 8.29. The van der Waals surface area contributed by atoms with Crippen LogP contribution in [0.25, 0.3) is 0 Å². The number of anilines is 1. The number of carbonyl (C=O) groups excluding carboxylic acids is 1. The number of nitrogens with one attached hydrogen (secondary N) is 1. The van der Waals surface area contributed by atoms with Crippen molar-refractivity contribution >= 4 is 11.7 Å². The van der Waals surface area contributed by atoms with E-state index in [4.69, 9.17) is 5.73 Å². The third kappa shape index (κ3) is 4.98. The maximum atomic E-state index is 12.0. The maximum absolute atomic E-state index is 12.0. The minimum Gasteiger partial charge on any atom is -0.357 e. The third-order valence-electron chi connectivity index (χ3n) is 4.02. The summed E-state index contributed by atoms with van der Waals surface area (Å²) in [7, 11) is 0. The van der Waals surface area contributed by atoms with Crippen molar-refractivity contribution in [2.45, 2.75) is 52.1 Å². The number of hydrogen-bond donors (Lipinski definition) is 2. The van der Waals surface area contributed by atoms with Crippen molar-refractivity contribution in [3.63, 3.8) is 0 Å². The highest BCUT2D eigenvalue weighted by atomic mass is 16.2. The largest absolute Gasteiger partial charge is 0.357 e. The summed E-state index contributed by atoms with van der Waals surface area (Å²) < 4.78 is 0. The average Bonchev–Trinajstić information content (AvgIpc) is 2.53. The lowest BCUT2D eigenvalue weighted by Gasteiger charge is -2.28. The average molecular weight is 304 g/mol. The first kappa shape index (κ1) is 16.7. The molecule has 0 saturated carbocycles. The lowest BCUT2D eigenvalue weighted by molar-refractivity contribution is -0.122. The molecule has 1 aliphatic heterocycles. The molecule has 0 aliphatic carbocycles. The second-order valence-electron chi connectivity index (χ2n) is 6.52. The standard InChI is InChI=1S/C17H28N4O/c1-13(2)10-15(18)17(22)20-12-14-6-7-19-16(11-14)21-8-4-3-5-9-21/h6-7,11,13,15H,3-5,8-10,12,18H2,1-2H3,(H,20,22)/t15-/m0/s1. The molecule has 2 rings (SSSR count). The van der Waals surface area contributed by atoms with Gasteiger partial charge < -0.3 is 16.0 Å². The third-order valence-corrected chi connectivity index (χ3v) is 4.02. The fourth-order valence-corrected chi connectivity index (χ4v) is 2.80. The summed E-state index contributed by atoms with van der Waals surface area (Å²) in [6.45, 7) is 6.79. The Balaban J connectivity index is 1.88. The Kier molecular flexibility index (Phi) is 6.19. The minimum absolute atomic E-state index is 0.0787. The van der Waals surface area contributed by atoms with Gasteiger partial charge in [-0.1, -0.05) is 13.8 Å². The predicted molar refractivity (Wildman–Crippen MR) is 89.6 cm³/mol. The summed E-state index contributed by atoms with van der Waals surface area (Å²) in [5.74, 6) is 1.36. The van der Waals surface area contributed by atoms with Crippen LogP contribution in [0.15, 0.2) is 18.3 Å². The molecule has 1 fully saturated rings.